The fraction of sp³-hybridized carbons (Fsp3) is 0.385. The summed E-state index contributed by atoms with van der Waals surface area (Å²) in [4.78, 5) is 0. The van der Waals surface area contributed by atoms with E-state index in [1.807, 2.05) is 12.1 Å². The van der Waals surface area contributed by atoms with Gasteiger partial charge in [0, 0.05) is 23.7 Å². The first-order chi connectivity index (χ1) is 7.74. The van der Waals surface area contributed by atoms with E-state index in [1.54, 1.807) is 0 Å². The molecule has 0 atom stereocenters. The first-order valence-corrected chi connectivity index (χ1v) is 6.09. The molecule has 1 heterocycles. The second-order valence-corrected chi connectivity index (χ2v) is 4.92. The molecular weight excluding hydrogens is 220 g/mol. The molecule has 0 spiro atoms. The second-order valence-electron chi connectivity index (χ2n) is 4.51. The van der Waals surface area contributed by atoms with Gasteiger partial charge in [0.15, 0.2) is 0 Å². The largest absolute Gasteiger partial charge is 0.340 e. The summed E-state index contributed by atoms with van der Waals surface area (Å²) in [6, 6.07) is 6.76. The Morgan fingerprint density at radius 3 is 2.81 bits per heavy atom. The molecule has 0 amide bonds. The Morgan fingerprint density at radius 2 is 2.19 bits per heavy atom. The summed E-state index contributed by atoms with van der Waals surface area (Å²) >= 11 is 6.28. The zero-order chi connectivity index (χ0) is 11.3. The lowest BCUT2D eigenvalue weighted by molar-refractivity contribution is 0.717. The van der Waals surface area contributed by atoms with E-state index >= 15 is 0 Å². The van der Waals surface area contributed by atoms with Crippen molar-refractivity contribution >= 4 is 22.5 Å². The monoisotopic (exact) mass is 234 g/mol. The van der Waals surface area contributed by atoms with E-state index < -0.39 is 0 Å². The van der Waals surface area contributed by atoms with Crippen LogP contribution in [0.15, 0.2) is 18.2 Å². The standard InChI is InChI=1S/C13H15ClN2/c1-8-12(7-15)16(9-5-6-9)11-4-2-3-10(14)13(8)11/h2-4,9H,5-7,15H2,1H3. The summed E-state index contributed by atoms with van der Waals surface area (Å²) in [6.45, 7) is 2.71. The quantitative estimate of drug-likeness (QED) is 0.849. The average molecular weight is 235 g/mol. The summed E-state index contributed by atoms with van der Waals surface area (Å²) in [5.74, 6) is 0. The Hall–Kier alpha value is -0.990. The molecule has 2 N–H and O–H groups in total. The number of aromatic nitrogens is 1. The van der Waals surface area contributed by atoms with Crippen molar-refractivity contribution in [3.05, 3.63) is 34.5 Å². The summed E-state index contributed by atoms with van der Waals surface area (Å²) in [7, 11) is 0. The number of aryl methyl sites for hydroxylation is 1. The van der Waals surface area contributed by atoms with Crippen molar-refractivity contribution in [3.63, 3.8) is 0 Å². The average Bonchev–Trinajstić information content (AvgIpc) is 3.05. The van der Waals surface area contributed by atoms with E-state index in [0.29, 0.717) is 12.6 Å². The van der Waals surface area contributed by atoms with Gasteiger partial charge in [-0.05, 0) is 37.5 Å². The molecule has 2 aromatic rings. The summed E-state index contributed by atoms with van der Waals surface area (Å²) in [5, 5.41) is 2.01. The van der Waals surface area contributed by atoms with E-state index in [9.17, 15) is 0 Å². The molecule has 1 aliphatic carbocycles. The minimum absolute atomic E-state index is 0.591. The predicted octanol–water partition coefficient (Wildman–Crippen LogP) is 3.40. The Kier molecular flexibility index (Phi) is 2.23. The van der Waals surface area contributed by atoms with Crippen LogP contribution in [0.4, 0.5) is 0 Å². The van der Waals surface area contributed by atoms with Crippen LogP contribution in [0.2, 0.25) is 5.02 Å². The summed E-state index contributed by atoms with van der Waals surface area (Å²) in [6.07, 6.45) is 2.53. The normalized spacial score (nSPS) is 15.9. The maximum atomic E-state index is 6.28. The fourth-order valence-corrected chi connectivity index (χ4v) is 2.87. The van der Waals surface area contributed by atoms with E-state index in [4.69, 9.17) is 17.3 Å². The molecule has 1 aliphatic rings. The van der Waals surface area contributed by atoms with Gasteiger partial charge in [0.05, 0.1) is 10.5 Å². The molecule has 2 nitrogen and oxygen atoms in total. The first kappa shape index (κ1) is 10.2. The van der Waals surface area contributed by atoms with Crippen LogP contribution in [0.3, 0.4) is 0 Å². The summed E-state index contributed by atoms with van der Waals surface area (Å²) in [5.41, 5.74) is 9.60. The third kappa shape index (κ3) is 1.30. The Balaban J connectivity index is 2.41. The SMILES string of the molecule is Cc1c(CN)n(C2CC2)c2cccc(Cl)c12. The number of fused-ring (bicyclic) bond motifs is 1. The maximum Gasteiger partial charge on any atom is 0.0503 e. The van der Waals surface area contributed by atoms with Gasteiger partial charge in [0.25, 0.3) is 0 Å². The van der Waals surface area contributed by atoms with Crippen LogP contribution in [-0.2, 0) is 6.54 Å². The highest BCUT2D eigenvalue weighted by atomic mass is 35.5. The van der Waals surface area contributed by atoms with Gasteiger partial charge in [-0.15, -0.1) is 0 Å². The molecule has 1 aromatic carbocycles. The van der Waals surface area contributed by atoms with Gasteiger partial charge in [-0.25, -0.2) is 0 Å². The van der Waals surface area contributed by atoms with Crippen molar-refractivity contribution in [1.29, 1.82) is 0 Å². The van der Waals surface area contributed by atoms with Gasteiger partial charge in [-0.3, -0.25) is 0 Å². The third-order valence-corrected chi connectivity index (χ3v) is 3.77. The smallest absolute Gasteiger partial charge is 0.0503 e. The van der Waals surface area contributed by atoms with Gasteiger partial charge in [0.1, 0.15) is 0 Å². The number of halogens is 1. The summed E-state index contributed by atoms with van der Waals surface area (Å²) < 4.78 is 2.39. The molecule has 1 saturated carbocycles. The predicted molar refractivity (Wildman–Crippen MR) is 67.8 cm³/mol. The number of rotatable bonds is 2. The molecule has 3 rings (SSSR count). The highest BCUT2D eigenvalue weighted by Gasteiger charge is 2.28. The molecule has 0 unspecified atom stereocenters. The first-order valence-electron chi connectivity index (χ1n) is 5.72. The minimum Gasteiger partial charge on any atom is -0.340 e. The Bertz CT molecular complexity index is 553. The van der Waals surface area contributed by atoms with Crippen molar-refractivity contribution in [2.24, 2.45) is 5.73 Å². The molecule has 84 valence electrons. The van der Waals surface area contributed by atoms with E-state index in [-0.39, 0.29) is 0 Å². The van der Waals surface area contributed by atoms with Gasteiger partial charge >= 0.3 is 0 Å². The molecule has 3 heteroatoms. The van der Waals surface area contributed by atoms with Crippen LogP contribution in [0.5, 0.6) is 0 Å². The Labute approximate surface area is 100.0 Å². The highest BCUT2D eigenvalue weighted by Crippen LogP contribution is 2.42. The van der Waals surface area contributed by atoms with Crippen LogP contribution >= 0.6 is 11.6 Å². The lowest BCUT2D eigenvalue weighted by atomic mass is 10.1. The highest BCUT2D eigenvalue weighted by molar-refractivity contribution is 6.35. The second kappa shape index (κ2) is 3.51. The lowest BCUT2D eigenvalue weighted by Crippen LogP contribution is -2.06. The van der Waals surface area contributed by atoms with Crippen LogP contribution in [0, 0.1) is 6.92 Å². The molecule has 16 heavy (non-hydrogen) atoms. The third-order valence-electron chi connectivity index (χ3n) is 3.46. The Morgan fingerprint density at radius 1 is 1.44 bits per heavy atom. The van der Waals surface area contributed by atoms with Gasteiger partial charge in [0.2, 0.25) is 0 Å². The van der Waals surface area contributed by atoms with Gasteiger partial charge in [-0.2, -0.15) is 0 Å². The van der Waals surface area contributed by atoms with Crippen LogP contribution in [-0.4, -0.2) is 4.57 Å². The lowest BCUT2D eigenvalue weighted by Gasteiger charge is -2.07. The fourth-order valence-electron chi connectivity index (χ4n) is 2.56. The van der Waals surface area contributed by atoms with Crippen LogP contribution in [0.1, 0.15) is 30.1 Å². The minimum atomic E-state index is 0.591. The van der Waals surface area contributed by atoms with Crippen molar-refractivity contribution in [2.75, 3.05) is 0 Å². The van der Waals surface area contributed by atoms with Crippen LogP contribution in [0.25, 0.3) is 10.9 Å². The number of benzene rings is 1. The van der Waals surface area contributed by atoms with Crippen LogP contribution < -0.4 is 5.73 Å². The molecule has 1 fully saturated rings. The van der Waals surface area contributed by atoms with E-state index in [2.05, 4.69) is 17.6 Å². The number of hydrogen-bond donors (Lipinski definition) is 1. The number of nitrogens with zero attached hydrogens (tertiary/aromatic N) is 1. The van der Waals surface area contributed by atoms with E-state index in [0.717, 1.165) is 5.02 Å². The molecule has 0 radical (unpaired) electrons. The zero-order valence-corrected chi connectivity index (χ0v) is 10.1. The van der Waals surface area contributed by atoms with Gasteiger partial charge < -0.3 is 10.3 Å². The van der Waals surface area contributed by atoms with Crippen molar-refractivity contribution in [2.45, 2.75) is 32.4 Å². The molecule has 1 aromatic heterocycles. The molecule has 0 bridgehead atoms. The van der Waals surface area contributed by atoms with Crippen molar-refractivity contribution < 1.29 is 0 Å². The maximum absolute atomic E-state index is 6.28. The zero-order valence-electron chi connectivity index (χ0n) is 9.33. The topological polar surface area (TPSA) is 30.9 Å². The van der Waals surface area contributed by atoms with Crippen molar-refractivity contribution in [3.8, 4) is 0 Å². The van der Waals surface area contributed by atoms with E-state index in [1.165, 1.54) is 35.0 Å². The molecule has 0 saturated heterocycles. The van der Waals surface area contributed by atoms with Crippen molar-refractivity contribution in [1.82, 2.24) is 4.57 Å². The van der Waals surface area contributed by atoms with Gasteiger partial charge in [-0.1, -0.05) is 17.7 Å². The molecule has 0 aliphatic heterocycles. The number of nitrogens with two attached hydrogens (primary N) is 1. The number of hydrogen-bond acceptors (Lipinski definition) is 1. The molecular formula is C13H15ClN2.